The summed E-state index contributed by atoms with van der Waals surface area (Å²) >= 11 is 0. The molecule has 0 aromatic rings. The highest BCUT2D eigenvalue weighted by Crippen LogP contribution is 2.31. The minimum Gasteiger partial charge on any atom is -0.329 e. The van der Waals surface area contributed by atoms with Gasteiger partial charge in [0.05, 0.1) is 5.25 Å². The van der Waals surface area contributed by atoms with Gasteiger partial charge in [0.2, 0.25) is 10.0 Å². The molecule has 0 radical (unpaired) electrons. The Labute approximate surface area is 79.9 Å². The first-order valence-corrected chi connectivity index (χ1v) is 6.17. The minimum atomic E-state index is -3.20. The molecule has 0 aromatic heterocycles. The average molecular weight is 206 g/mol. The lowest BCUT2D eigenvalue weighted by molar-refractivity contribution is 0.247. The van der Waals surface area contributed by atoms with Crippen LogP contribution in [0.2, 0.25) is 0 Å². The average Bonchev–Trinajstić information content (AvgIpc) is 1.99. The van der Waals surface area contributed by atoms with E-state index in [1.165, 1.54) is 0 Å². The monoisotopic (exact) mass is 206 g/mol. The van der Waals surface area contributed by atoms with Crippen molar-refractivity contribution < 1.29 is 8.42 Å². The Morgan fingerprint density at radius 2 is 2.08 bits per heavy atom. The third-order valence-corrected chi connectivity index (χ3v) is 4.74. The van der Waals surface area contributed by atoms with Gasteiger partial charge in [0.1, 0.15) is 0 Å². The maximum Gasteiger partial charge on any atom is 0.215 e. The summed E-state index contributed by atoms with van der Waals surface area (Å²) in [6.07, 6.45) is 2.98. The van der Waals surface area contributed by atoms with Crippen LogP contribution >= 0.6 is 0 Å². The number of sulfonamides is 1. The Hall–Kier alpha value is -0.130. The van der Waals surface area contributed by atoms with Gasteiger partial charge in [-0.15, -0.1) is 0 Å². The van der Waals surface area contributed by atoms with Gasteiger partial charge in [0.25, 0.3) is 0 Å². The van der Waals surface area contributed by atoms with Gasteiger partial charge in [-0.2, -0.15) is 0 Å². The maximum absolute atomic E-state index is 11.6. The molecule has 1 fully saturated rings. The fourth-order valence-corrected chi connectivity index (χ4v) is 2.73. The summed E-state index contributed by atoms with van der Waals surface area (Å²) in [7, 11) is -3.20. The van der Waals surface area contributed by atoms with E-state index in [-0.39, 0.29) is 12.1 Å². The van der Waals surface area contributed by atoms with E-state index in [4.69, 9.17) is 5.73 Å². The van der Waals surface area contributed by atoms with Gasteiger partial charge in [0, 0.05) is 12.1 Å². The highest BCUT2D eigenvalue weighted by molar-refractivity contribution is 7.90. The predicted octanol–water partition coefficient (Wildman–Crippen LogP) is 0.196. The lowest BCUT2D eigenvalue weighted by atomic mass is 9.80. The molecule has 5 heteroatoms. The van der Waals surface area contributed by atoms with Crippen LogP contribution in [-0.4, -0.2) is 25.8 Å². The first kappa shape index (κ1) is 10.9. The number of hydrogen-bond acceptors (Lipinski definition) is 3. The molecule has 3 N–H and O–H groups in total. The molecule has 1 rings (SSSR count). The van der Waals surface area contributed by atoms with Crippen LogP contribution in [0.5, 0.6) is 0 Å². The summed E-state index contributed by atoms with van der Waals surface area (Å²) in [6, 6.07) is 0. The zero-order valence-corrected chi connectivity index (χ0v) is 9.02. The zero-order chi connectivity index (χ0) is 10.1. The normalized spacial score (nSPS) is 23.6. The second-order valence-corrected chi connectivity index (χ2v) is 6.21. The van der Waals surface area contributed by atoms with E-state index >= 15 is 0 Å². The number of hydrogen-bond donors (Lipinski definition) is 2. The fourth-order valence-electron chi connectivity index (χ4n) is 1.38. The van der Waals surface area contributed by atoms with E-state index < -0.39 is 15.3 Å². The summed E-state index contributed by atoms with van der Waals surface area (Å²) in [6.45, 7) is 3.74. The van der Waals surface area contributed by atoms with Crippen molar-refractivity contribution in [3.8, 4) is 0 Å². The zero-order valence-electron chi connectivity index (χ0n) is 8.21. The van der Waals surface area contributed by atoms with Crippen LogP contribution in [0.25, 0.3) is 0 Å². The largest absolute Gasteiger partial charge is 0.329 e. The van der Waals surface area contributed by atoms with Gasteiger partial charge >= 0.3 is 0 Å². The van der Waals surface area contributed by atoms with Gasteiger partial charge in [-0.3, -0.25) is 0 Å². The standard InChI is InChI=1S/C8H18N2O2S/c1-7(6-9)13(11,12)10-8(2)4-3-5-8/h7,10H,3-6,9H2,1-2H3. The van der Waals surface area contributed by atoms with Crippen molar-refractivity contribution in [3.05, 3.63) is 0 Å². The lowest BCUT2D eigenvalue weighted by Crippen LogP contribution is -2.53. The molecule has 0 aliphatic heterocycles. The van der Waals surface area contributed by atoms with Crippen molar-refractivity contribution >= 4 is 10.0 Å². The van der Waals surface area contributed by atoms with Gasteiger partial charge in [-0.1, -0.05) is 0 Å². The van der Waals surface area contributed by atoms with Gasteiger partial charge in [-0.05, 0) is 33.1 Å². The van der Waals surface area contributed by atoms with E-state index in [2.05, 4.69) is 4.72 Å². The van der Waals surface area contributed by atoms with E-state index in [0.29, 0.717) is 0 Å². The summed E-state index contributed by atoms with van der Waals surface area (Å²) < 4.78 is 25.9. The van der Waals surface area contributed by atoms with Gasteiger partial charge in [-0.25, -0.2) is 13.1 Å². The molecule has 0 bridgehead atoms. The topological polar surface area (TPSA) is 72.2 Å². The molecule has 0 amide bonds. The molecule has 0 aromatic carbocycles. The summed E-state index contributed by atoms with van der Waals surface area (Å²) in [5, 5.41) is -0.495. The van der Waals surface area contributed by atoms with Crippen molar-refractivity contribution in [1.82, 2.24) is 4.72 Å². The van der Waals surface area contributed by atoms with Crippen molar-refractivity contribution in [3.63, 3.8) is 0 Å². The molecule has 0 spiro atoms. The summed E-state index contributed by atoms with van der Waals surface area (Å²) in [4.78, 5) is 0. The van der Waals surface area contributed by atoms with Crippen molar-refractivity contribution in [2.75, 3.05) is 6.54 Å². The van der Waals surface area contributed by atoms with Crippen molar-refractivity contribution in [2.24, 2.45) is 5.73 Å². The van der Waals surface area contributed by atoms with Crippen LogP contribution in [0.4, 0.5) is 0 Å². The molecular formula is C8H18N2O2S. The third-order valence-electron chi connectivity index (χ3n) is 2.71. The minimum absolute atomic E-state index is 0.172. The first-order valence-electron chi connectivity index (χ1n) is 4.62. The number of rotatable bonds is 4. The molecule has 1 unspecified atom stereocenters. The first-order chi connectivity index (χ1) is 5.90. The molecule has 1 atom stereocenters. The molecule has 4 nitrogen and oxygen atoms in total. The van der Waals surface area contributed by atoms with Crippen LogP contribution in [0.1, 0.15) is 33.1 Å². The van der Waals surface area contributed by atoms with E-state index in [0.717, 1.165) is 19.3 Å². The second-order valence-electron chi connectivity index (χ2n) is 4.11. The quantitative estimate of drug-likeness (QED) is 0.690. The van der Waals surface area contributed by atoms with E-state index in [1.807, 2.05) is 6.92 Å². The van der Waals surface area contributed by atoms with Crippen LogP contribution in [0, 0.1) is 0 Å². The number of nitrogens with one attached hydrogen (secondary N) is 1. The van der Waals surface area contributed by atoms with Crippen molar-refractivity contribution in [1.29, 1.82) is 0 Å². The molecule has 1 saturated carbocycles. The van der Waals surface area contributed by atoms with E-state index in [1.54, 1.807) is 6.92 Å². The Bertz CT molecular complexity index is 270. The molecular weight excluding hydrogens is 188 g/mol. The third kappa shape index (κ3) is 2.42. The van der Waals surface area contributed by atoms with Crippen LogP contribution < -0.4 is 10.5 Å². The van der Waals surface area contributed by atoms with E-state index in [9.17, 15) is 8.42 Å². The Kier molecular flexibility index (Phi) is 2.99. The Morgan fingerprint density at radius 1 is 1.54 bits per heavy atom. The molecule has 1 aliphatic rings. The summed E-state index contributed by atoms with van der Waals surface area (Å²) in [5.74, 6) is 0. The Balaban J connectivity index is 2.61. The van der Waals surface area contributed by atoms with Crippen LogP contribution in [-0.2, 0) is 10.0 Å². The SMILES string of the molecule is CC(CN)S(=O)(=O)NC1(C)CCC1. The molecule has 1 aliphatic carbocycles. The smallest absolute Gasteiger partial charge is 0.215 e. The molecule has 78 valence electrons. The predicted molar refractivity (Wildman–Crippen MR) is 52.8 cm³/mol. The van der Waals surface area contributed by atoms with Crippen LogP contribution in [0.15, 0.2) is 0 Å². The summed E-state index contributed by atoms with van der Waals surface area (Å²) in [5.41, 5.74) is 5.11. The van der Waals surface area contributed by atoms with Crippen molar-refractivity contribution in [2.45, 2.75) is 43.9 Å². The van der Waals surface area contributed by atoms with Gasteiger partial charge < -0.3 is 5.73 Å². The van der Waals surface area contributed by atoms with Gasteiger partial charge in [0.15, 0.2) is 0 Å². The second kappa shape index (κ2) is 3.55. The maximum atomic E-state index is 11.6. The molecule has 0 heterocycles. The van der Waals surface area contributed by atoms with Crippen LogP contribution in [0.3, 0.4) is 0 Å². The Morgan fingerprint density at radius 3 is 2.38 bits per heavy atom. The lowest BCUT2D eigenvalue weighted by Gasteiger charge is -2.39. The molecule has 0 saturated heterocycles. The molecule has 13 heavy (non-hydrogen) atoms. The number of nitrogens with two attached hydrogens (primary N) is 1. The highest BCUT2D eigenvalue weighted by atomic mass is 32.2. The fraction of sp³-hybridized carbons (Fsp3) is 1.00. The highest BCUT2D eigenvalue weighted by Gasteiger charge is 2.36.